The van der Waals surface area contributed by atoms with Gasteiger partial charge in [-0.15, -0.1) is 0 Å². The Hall–Kier alpha value is -0.380. The molecule has 0 spiro atoms. The van der Waals surface area contributed by atoms with Crippen LogP contribution in [0.15, 0.2) is 0 Å². The Bertz CT molecular complexity index is 265. The highest BCUT2D eigenvalue weighted by Crippen LogP contribution is 2.13. The minimum Gasteiger partial charge on any atom is -0.371 e. The number of sulfonamides is 1. The highest BCUT2D eigenvalue weighted by atomic mass is 32.2. The van der Waals surface area contributed by atoms with E-state index in [4.69, 9.17) is 0 Å². The third-order valence-corrected chi connectivity index (χ3v) is 2.03. The van der Waals surface area contributed by atoms with Gasteiger partial charge in [-0.05, 0) is 0 Å². The van der Waals surface area contributed by atoms with Gasteiger partial charge in [0.25, 0.3) is 0 Å². The lowest BCUT2D eigenvalue weighted by atomic mass is 10.6. The van der Waals surface area contributed by atoms with Crippen molar-refractivity contribution in [2.45, 2.75) is 6.18 Å². The molecule has 5 nitrogen and oxygen atoms in total. The molecule has 0 rings (SSSR count). The van der Waals surface area contributed by atoms with Crippen molar-refractivity contribution in [2.75, 3.05) is 32.1 Å². The van der Waals surface area contributed by atoms with E-state index >= 15 is 0 Å². The van der Waals surface area contributed by atoms with Gasteiger partial charge in [-0.25, -0.2) is 13.6 Å². The summed E-state index contributed by atoms with van der Waals surface area (Å²) in [5.41, 5.74) is 0. The second kappa shape index (κ2) is 6.26. The van der Waals surface area contributed by atoms with E-state index in [0.29, 0.717) is 0 Å². The number of primary sulfonamides is 1. The van der Waals surface area contributed by atoms with Gasteiger partial charge in [0, 0.05) is 13.1 Å². The Morgan fingerprint density at radius 2 is 1.87 bits per heavy atom. The number of alkyl halides is 3. The van der Waals surface area contributed by atoms with Gasteiger partial charge in [0.2, 0.25) is 10.0 Å². The van der Waals surface area contributed by atoms with Crippen LogP contribution >= 0.6 is 0 Å². The van der Waals surface area contributed by atoms with Crippen LogP contribution in [0, 0.1) is 0 Å². The SMILES string of the molecule is NS(=O)(=O)CCNCCOCC(F)(F)F. The summed E-state index contributed by atoms with van der Waals surface area (Å²) in [6.07, 6.45) is -4.33. The van der Waals surface area contributed by atoms with E-state index in [2.05, 4.69) is 15.2 Å². The van der Waals surface area contributed by atoms with Crippen molar-refractivity contribution in [1.29, 1.82) is 0 Å². The van der Waals surface area contributed by atoms with E-state index in [1.807, 2.05) is 0 Å². The van der Waals surface area contributed by atoms with Gasteiger partial charge in [-0.3, -0.25) is 0 Å². The molecule has 0 fully saturated rings. The first-order valence-corrected chi connectivity index (χ1v) is 5.78. The fourth-order valence-electron chi connectivity index (χ4n) is 0.672. The van der Waals surface area contributed by atoms with Crippen molar-refractivity contribution >= 4 is 10.0 Å². The summed E-state index contributed by atoms with van der Waals surface area (Å²) in [5, 5.41) is 7.26. The predicted octanol–water partition coefficient (Wildman–Crippen LogP) is -0.557. The normalized spacial score (nSPS) is 13.1. The third-order valence-electron chi connectivity index (χ3n) is 1.25. The molecular weight excluding hydrogens is 237 g/mol. The summed E-state index contributed by atoms with van der Waals surface area (Å²) < 4.78 is 59.7. The summed E-state index contributed by atoms with van der Waals surface area (Å²) in [7, 11) is -3.52. The minimum atomic E-state index is -4.33. The Labute approximate surface area is 85.8 Å². The Morgan fingerprint density at radius 1 is 1.27 bits per heavy atom. The summed E-state index contributed by atoms with van der Waals surface area (Å²) in [6.45, 7) is -1.20. The lowest BCUT2D eigenvalue weighted by Crippen LogP contribution is -2.30. The molecular formula is C6H13F3N2O3S. The number of hydrogen-bond acceptors (Lipinski definition) is 4. The fourth-order valence-corrected chi connectivity index (χ4v) is 1.10. The zero-order valence-corrected chi connectivity index (χ0v) is 8.70. The summed E-state index contributed by atoms with van der Waals surface area (Å²) >= 11 is 0. The molecule has 0 aromatic heterocycles. The predicted molar refractivity (Wildman–Crippen MR) is 47.7 cm³/mol. The van der Waals surface area contributed by atoms with Crippen LogP contribution in [0.5, 0.6) is 0 Å². The van der Waals surface area contributed by atoms with E-state index in [1.54, 1.807) is 0 Å². The van der Waals surface area contributed by atoms with Crippen molar-refractivity contribution in [3.8, 4) is 0 Å². The minimum absolute atomic E-state index is 0.0915. The number of halogens is 3. The van der Waals surface area contributed by atoms with Crippen molar-refractivity contribution in [2.24, 2.45) is 5.14 Å². The molecule has 0 aliphatic carbocycles. The first-order valence-electron chi connectivity index (χ1n) is 4.06. The van der Waals surface area contributed by atoms with Crippen molar-refractivity contribution < 1.29 is 26.3 Å². The second-order valence-electron chi connectivity index (χ2n) is 2.78. The van der Waals surface area contributed by atoms with Gasteiger partial charge >= 0.3 is 6.18 Å². The maximum Gasteiger partial charge on any atom is 0.411 e. The smallest absolute Gasteiger partial charge is 0.371 e. The third kappa shape index (κ3) is 13.6. The van der Waals surface area contributed by atoms with E-state index in [9.17, 15) is 21.6 Å². The monoisotopic (exact) mass is 250 g/mol. The summed E-state index contributed by atoms with van der Waals surface area (Å²) in [5.74, 6) is -0.258. The average molecular weight is 250 g/mol. The van der Waals surface area contributed by atoms with Gasteiger partial charge in [0.15, 0.2) is 0 Å². The second-order valence-corrected chi connectivity index (χ2v) is 4.52. The molecule has 0 saturated carbocycles. The standard InChI is InChI=1S/C6H13F3N2O3S/c7-6(8,9)5-14-3-1-11-2-4-15(10,12)13/h11H,1-5H2,(H2,10,12,13). The molecule has 0 aromatic carbocycles. The van der Waals surface area contributed by atoms with Gasteiger partial charge in [-0.1, -0.05) is 0 Å². The number of nitrogens with one attached hydrogen (secondary N) is 1. The Balaban J connectivity index is 3.27. The topological polar surface area (TPSA) is 81.4 Å². The van der Waals surface area contributed by atoms with Crippen LogP contribution in [-0.2, 0) is 14.8 Å². The Morgan fingerprint density at radius 3 is 2.33 bits per heavy atom. The van der Waals surface area contributed by atoms with Crippen LogP contribution in [0.1, 0.15) is 0 Å². The number of ether oxygens (including phenoxy) is 1. The lowest BCUT2D eigenvalue weighted by Gasteiger charge is -2.07. The summed E-state index contributed by atoms with van der Waals surface area (Å²) in [6, 6.07) is 0. The molecule has 0 atom stereocenters. The number of nitrogens with two attached hydrogens (primary N) is 1. The number of hydrogen-bond donors (Lipinski definition) is 2. The maximum absolute atomic E-state index is 11.5. The summed E-state index contributed by atoms with van der Waals surface area (Å²) in [4.78, 5) is 0. The quantitative estimate of drug-likeness (QED) is 0.594. The molecule has 0 amide bonds. The van der Waals surface area contributed by atoms with Crippen LogP contribution in [0.3, 0.4) is 0 Å². The molecule has 0 aliphatic rings. The van der Waals surface area contributed by atoms with Gasteiger partial charge < -0.3 is 10.1 Å². The van der Waals surface area contributed by atoms with Gasteiger partial charge in [0.1, 0.15) is 6.61 Å². The van der Waals surface area contributed by atoms with Crippen molar-refractivity contribution in [3.05, 3.63) is 0 Å². The van der Waals surface area contributed by atoms with Gasteiger partial charge in [-0.2, -0.15) is 13.2 Å². The van der Waals surface area contributed by atoms with Crippen molar-refractivity contribution in [3.63, 3.8) is 0 Å². The van der Waals surface area contributed by atoms with Crippen LogP contribution in [0.2, 0.25) is 0 Å². The molecule has 0 bridgehead atoms. The van der Waals surface area contributed by atoms with Crippen molar-refractivity contribution in [1.82, 2.24) is 5.32 Å². The average Bonchev–Trinajstić information content (AvgIpc) is 1.98. The largest absolute Gasteiger partial charge is 0.411 e. The fraction of sp³-hybridized carbons (Fsp3) is 1.00. The van der Waals surface area contributed by atoms with Crippen LogP contribution in [0.4, 0.5) is 13.2 Å². The molecule has 0 heterocycles. The van der Waals surface area contributed by atoms with E-state index in [0.717, 1.165) is 0 Å². The molecule has 0 aromatic rings. The molecule has 0 aliphatic heterocycles. The molecule has 15 heavy (non-hydrogen) atoms. The highest BCUT2D eigenvalue weighted by Gasteiger charge is 2.27. The van der Waals surface area contributed by atoms with Gasteiger partial charge in [0.05, 0.1) is 12.4 Å². The van der Waals surface area contributed by atoms with Crippen LogP contribution < -0.4 is 10.5 Å². The highest BCUT2D eigenvalue weighted by molar-refractivity contribution is 7.89. The number of rotatable bonds is 7. The molecule has 3 N–H and O–H groups in total. The van der Waals surface area contributed by atoms with Crippen LogP contribution in [0.25, 0.3) is 0 Å². The van der Waals surface area contributed by atoms with E-state index in [-0.39, 0.29) is 25.4 Å². The zero-order chi connectivity index (χ0) is 11.9. The molecule has 0 unspecified atom stereocenters. The molecule has 0 radical (unpaired) electrons. The maximum atomic E-state index is 11.5. The Kier molecular flexibility index (Phi) is 6.10. The zero-order valence-electron chi connectivity index (χ0n) is 7.88. The van der Waals surface area contributed by atoms with E-state index in [1.165, 1.54) is 0 Å². The lowest BCUT2D eigenvalue weighted by molar-refractivity contribution is -0.173. The molecule has 9 heteroatoms. The van der Waals surface area contributed by atoms with Crippen LogP contribution in [-0.4, -0.2) is 46.7 Å². The molecule has 0 saturated heterocycles. The first-order chi connectivity index (χ1) is 6.71. The molecule has 92 valence electrons. The first kappa shape index (κ1) is 14.6. The van der Waals surface area contributed by atoms with E-state index < -0.39 is 22.8 Å².